The molecule has 13 heterocycles. The lowest BCUT2D eigenvalue weighted by Gasteiger charge is -2.32. The fourth-order valence-corrected chi connectivity index (χ4v) is 17.4. The first-order chi connectivity index (χ1) is 59.2. The molecule has 0 atom stereocenters. The number of aryl methyl sites for hydroxylation is 6. The zero-order valence-electron chi connectivity index (χ0n) is 68.6. The molecule has 0 bridgehead atoms. The molecule has 35 heteroatoms. The predicted molar refractivity (Wildman–Crippen MR) is 459 cm³/mol. The average molecular weight is 1830 g/mol. The maximum atomic E-state index is 14.9. The Morgan fingerprint density at radius 1 is 0.429 bits per heavy atom. The minimum Gasteiger partial charge on any atom is -0.399 e. The number of hydrogen-bond acceptors (Lipinski definition) is 11. The molecule has 4 aliphatic heterocycles. The Bertz CT molecular complexity index is 6650. The highest BCUT2D eigenvalue weighted by atomic mass is 79.9. The van der Waals surface area contributed by atoms with Crippen LogP contribution in [0.3, 0.4) is 0 Å². The summed E-state index contributed by atoms with van der Waals surface area (Å²) < 4.78 is 222. The number of anilines is 3. The van der Waals surface area contributed by atoms with E-state index in [0.717, 1.165) is 111 Å². The van der Waals surface area contributed by atoms with Crippen molar-refractivity contribution in [2.45, 2.75) is 145 Å². The summed E-state index contributed by atoms with van der Waals surface area (Å²) in [6.07, 6.45) is -5.80. The first-order valence-electron chi connectivity index (χ1n) is 39.6. The molecule has 0 saturated carbocycles. The van der Waals surface area contributed by atoms with Crippen LogP contribution in [-0.4, -0.2) is 97.2 Å². The van der Waals surface area contributed by atoms with Gasteiger partial charge in [-0.25, -0.2) is 55.3 Å². The van der Waals surface area contributed by atoms with E-state index in [1.807, 2.05) is 144 Å². The second-order valence-corrected chi connectivity index (χ2v) is 33.3. The summed E-state index contributed by atoms with van der Waals surface area (Å²) in [7, 11) is -0.469. The van der Waals surface area contributed by atoms with Crippen molar-refractivity contribution >= 4 is 90.3 Å². The summed E-state index contributed by atoms with van der Waals surface area (Å²) in [5.41, 5.74) is 14.0. The van der Waals surface area contributed by atoms with Crippen LogP contribution in [0.4, 0.5) is 83.3 Å². The first-order valence-corrected chi connectivity index (χ1v) is 40.8. The fraction of sp³-hybridized carbons (Fsp3) is 0.275. The summed E-state index contributed by atoms with van der Waals surface area (Å²) in [4.78, 5) is 25.0. The molecule has 6 aromatic carbocycles. The molecule has 654 valence electrons. The van der Waals surface area contributed by atoms with Crippen LogP contribution in [0.5, 0.6) is 0 Å². The molecule has 17 nitrogen and oxygen atoms in total. The minimum absolute atomic E-state index is 0. The summed E-state index contributed by atoms with van der Waals surface area (Å²) in [5.74, 6) is -4.62. The van der Waals surface area contributed by atoms with Gasteiger partial charge in [-0.3, -0.25) is 0 Å². The van der Waals surface area contributed by atoms with E-state index in [1.165, 1.54) is 24.4 Å². The molecule has 15 aromatic rings. The second-order valence-electron chi connectivity index (χ2n) is 32.2. The van der Waals surface area contributed by atoms with Crippen molar-refractivity contribution in [2.24, 2.45) is 0 Å². The standard InChI is InChI=1S/C28H21ClF5N5.C28H22F5N5.C20H17BrF4N4.C14H17BFNO2.CH4/c1-14-4-3-5-15(2)25(14)39-26(17-6-7-20(30)24-23(17)19(29)12-35-24)18-13-38(9-8-22(18)37-39)27-21(31)10-16(11-36-27)28(32,33)34;1-15-4-3-5-16(2)25(15)38-26(19-6-7-21(29)24-18(19)8-10-34-24)20-14-37(11-9-23(20)36-38)27-22(30)12-17(13-35-27)28(31,32)33;1-11-4-3-5-12(2)17(11)29-18(21)14-10-28(7-6-16(14)27-29)19-15(22)8-13(9-26-19)20(23,24)25;1-13(2)14(3,4)19-15(18-13)10-5-6-11(16)12-9(10)7-8-17-12;/h3-7,10-12,35H,8-9,13H2,1-2H3;3-8,10,12-13,34H,9,11,14H2,1-2H3;3-5,8-9H,6-7,10H2,1-2H3;5-8,17H,1-4H3;1H4. The highest BCUT2D eigenvalue weighted by Gasteiger charge is 2.52. The molecule has 126 heavy (non-hydrogen) atoms. The number of hydrogen-bond donors (Lipinski definition) is 3. The van der Waals surface area contributed by atoms with Gasteiger partial charge in [-0.2, -0.15) is 54.8 Å². The molecule has 0 aliphatic carbocycles. The van der Waals surface area contributed by atoms with Crippen LogP contribution in [0.25, 0.3) is 72.3 Å². The van der Waals surface area contributed by atoms with Crippen molar-refractivity contribution in [3.63, 3.8) is 0 Å². The van der Waals surface area contributed by atoms with Crippen LogP contribution < -0.4 is 20.2 Å². The lowest BCUT2D eigenvalue weighted by atomic mass is 9.77. The van der Waals surface area contributed by atoms with E-state index in [0.29, 0.717) is 120 Å². The van der Waals surface area contributed by atoms with E-state index in [1.54, 1.807) is 51.4 Å². The van der Waals surface area contributed by atoms with Crippen LogP contribution in [0.2, 0.25) is 5.02 Å². The summed E-state index contributed by atoms with van der Waals surface area (Å²) in [5, 5.41) is 16.9. The van der Waals surface area contributed by atoms with E-state index in [-0.39, 0.29) is 49.3 Å². The number of alkyl halides is 9. The van der Waals surface area contributed by atoms with E-state index in [2.05, 4.69) is 45.8 Å². The lowest BCUT2D eigenvalue weighted by Crippen LogP contribution is -2.41. The van der Waals surface area contributed by atoms with Crippen LogP contribution >= 0.6 is 27.5 Å². The molecule has 1 saturated heterocycles. The summed E-state index contributed by atoms with van der Waals surface area (Å²) in [6.45, 7) is 21.6. The SMILES string of the molecule is C.CC1(C)OB(c2ccc(F)c3[nH]ccc23)OC1(C)C.Cc1cccc(C)c1-n1nc2c(c1-c1ccc(F)c3[nH]cc(Cl)c13)CN(c1ncc(C(F)(F)F)cc1F)CC2.Cc1cccc(C)c1-n1nc2c(c1-c1ccc(F)c3[nH]ccc13)CN(c1ncc(C(F)(F)F)cc1F)CC2.Cc1cccc(C)c1-n1nc2c(c1Br)CN(c1ncc(C(F)(F)F)cc1F)CC2. The number of rotatable bonds is 9. The van der Waals surface area contributed by atoms with Gasteiger partial charge < -0.3 is 39.0 Å². The number of aromatic amines is 3. The van der Waals surface area contributed by atoms with E-state index >= 15 is 0 Å². The van der Waals surface area contributed by atoms with Gasteiger partial charge in [-0.05, 0) is 185 Å². The van der Waals surface area contributed by atoms with Gasteiger partial charge >= 0.3 is 25.6 Å². The van der Waals surface area contributed by atoms with Gasteiger partial charge in [-0.15, -0.1) is 0 Å². The average Bonchev–Trinajstić information content (AvgIpc) is 1.58. The lowest BCUT2D eigenvalue weighted by molar-refractivity contribution is -0.138. The van der Waals surface area contributed by atoms with Gasteiger partial charge in [0.25, 0.3) is 0 Å². The first kappa shape index (κ1) is 89.0. The Hall–Kier alpha value is -11.9. The van der Waals surface area contributed by atoms with E-state index < -0.39 is 82.6 Å². The molecule has 19 rings (SSSR count). The maximum Gasteiger partial charge on any atom is 0.495 e. The largest absolute Gasteiger partial charge is 0.495 e. The molecule has 0 amide bonds. The molecular formula is C91H81BBrClF15N15O2. The highest BCUT2D eigenvalue weighted by Crippen LogP contribution is 2.46. The van der Waals surface area contributed by atoms with Gasteiger partial charge in [0.05, 0.1) is 95.0 Å². The Balaban J connectivity index is 0.000000133. The zero-order valence-corrected chi connectivity index (χ0v) is 70.9. The molecule has 0 radical (unpaired) electrons. The number of fused-ring (bicyclic) bond motifs is 6. The summed E-state index contributed by atoms with van der Waals surface area (Å²) >= 11 is 10.1. The molecular weight excluding hydrogens is 1750 g/mol. The van der Waals surface area contributed by atoms with Gasteiger partial charge in [0, 0.05) is 140 Å². The number of pyridine rings is 3. The van der Waals surface area contributed by atoms with Crippen LogP contribution in [0.1, 0.15) is 119 Å². The van der Waals surface area contributed by atoms with Gasteiger partial charge in [0.15, 0.2) is 34.9 Å². The highest BCUT2D eigenvalue weighted by molar-refractivity contribution is 9.10. The molecule has 4 aliphatic rings. The Morgan fingerprint density at radius 2 is 0.778 bits per heavy atom. The second kappa shape index (κ2) is 33.8. The number of benzene rings is 6. The van der Waals surface area contributed by atoms with Gasteiger partial charge in [-0.1, -0.05) is 79.7 Å². The predicted octanol–water partition coefficient (Wildman–Crippen LogP) is 23.0. The van der Waals surface area contributed by atoms with Gasteiger partial charge in [0.2, 0.25) is 0 Å². The monoisotopic (exact) mass is 1830 g/mol. The number of halogens is 17. The van der Waals surface area contributed by atoms with Crippen molar-refractivity contribution in [1.29, 1.82) is 0 Å². The quantitative estimate of drug-likeness (QED) is 0.0929. The molecule has 0 unspecified atom stereocenters. The Morgan fingerprint density at radius 3 is 1.19 bits per heavy atom. The van der Waals surface area contributed by atoms with Gasteiger partial charge in [0.1, 0.15) is 22.1 Å². The normalized spacial score (nSPS) is 14.9. The number of para-hydroxylation sites is 3. The van der Waals surface area contributed by atoms with Crippen molar-refractivity contribution in [3.8, 4) is 39.6 Å². The van der Waals surface area contributed by atoms with E-state index in [4.69, 9.17) is 36.2 Å². The number of nitrogens with zero attached hydrogens (tertiary/aromatic N) is 12. The third-order valence-corrected chi connectivity index (χ3v) is 24.6. The van der Waals surface area contributed by atoms with Crippen LogP contribution in [0.15, 0.2) is 163 Å². The summed E-state index contributed by atoms with van der Waals surface area (Å²) in [6, 6.07) is 32.1. The fourth-order valence-electron chi connectivity index (χ4n) is 16.5. The third kappa shape index (κ3) is 16.6. The maximum absolute atomic E-state index is 14.9. The number of H-pyrrole nitrogens is 3. The van der Waals surface area contributed by atoms with Crippen molar-refractivity contribution in [2.75, 3.05) is 34.3 Å². The molecule has 0 spiro atoms. The minimum atomic E-state index is -4.70. The zero-order chi connectivity index (χ0) is 89.2. The van der Waals surface area contributed by atoms with Crippen molar-refractivity contribution < 1.29 is 75.2 Å². The smallest absolute Gasteiger partial charge is 0.399 e. The van der Waals surface area contributed by atoms with Crippen LogP contribution in [0, 0.1) is 76.4 Å². The van der Waals surface area contributed by atoms with E-state index in [9.17, 15) is 65.9 Å². The number of aromatic nitrogens is 12. The number of nitrogens with one attached hydrogen (secondary N) is 3. The van der Waals surface area contributed by atoms with Crippen molar-refractivity contribution in [1.82, 2.24) is 59.2 Å². The van der Waals surface area contributed by atoms with Crippen molar-refractivity contribution in [3.05, 3.63) is 287 Å². The molecule has 9 aromatic heterocycles. The molecule has 3 N–H and O–H groups in total. The Kier molecular flexibility index (Phi) is 23.9. The third-order valence-electron chi connectivity index (χ3n) is 23.5. The molecule has 1 fully saturated rings. The topological polar surface area (TPSA) is 168 Å². The van der Waals surface area contributed by atoms with Crippen LogP contribution in [-0.2, 0) is 66.7 Å². The Labute approximate surface area is 726 Å².